The lowest BCUT2D eigenvalue weighted by Crippen LogP contribution is -2.37. The fourth-order valence-electron chi connectivity index (χ4n) is 2.22. The predicted octanol–water partition coefficient (Wildman–Crippen LogP) is 3.03. The molecule has 1 aliphatic rings. The molecule has 0 N–H and O–H groups in total. The summed E-state index contributed by atoms with van der Waals surface area (Å²) in [5, 5.41) is 0. The van der Waals surface area contributed by atoms with Gasteiger partial charge in [-0.1, -0.05) is 12.1 Å². The summed E-state index contributed by atoms with van der Waals surface area (Å²) in [6, 6.07) is 6.98. The lowest BCUT2D eigenvalue weighted by molar-refractivity contribution is 0.0430. The highest BCUT2D eigenvalue weighted by molar-refractivity contribution is 7.99. The first-order valence-corrected chi connectivity index (χ1v) is 7.40. The molecular weight excluding hydrogens is 249 g/mol. The third-order valence-electron chi connectivity index (χ3n) is 3.37. The Morgan fingerprint density at radius 2 is 2.06 bits per heavy atom. The molecule has 1 saturated heterocycles. The normalized spacial score (nSPS) is 18.1. The number of thioether (sulfide) groups is 1. The first-order chi connectivity index (χ1) is 8.79. The van der Waals surface area contributed by atoms with E-state index in [2.05, 4.69) is 4.90 Å². The Morgan fingerprint density at radius 3 is 2.72 bits per heavy atom. The fourth-order valence-corrected chi connectivity index (χ4v) is 3.17. The zero-order chi connectivity index (χ0) is 12.8. The van der Waals surface area contributed by atoms with E-state index in [4.69, 9.17) is 4.74 Å². The van der Waals surface area contributed by atoms with Gasteiger partial charge in [-0.2, -0.15) is 0 Å². The average molecular weight is 269 g/mol. The van der Waals surface area contributed by atoms with E-state index in [0.29, 0.717) is 6.10 Å². The molecule has 0 saturated carbocycles. The maximum atomic E-state index is 13.4. The maximum Gasteiger partial charge on any atom is 0.136 e. The summed E-state index contributed by atoms with van der Waals surface area (Å²) >= 11 is 1.60. The van der Waals surface area contributed by atoms with Gasteiger partial charge < -0.3 is 9.64 Å². The van der Waals surface area contributed by atoms with E-state index in [0.717, 1.165) is 43.1 Å². The van der Waals surface area contributed by atoms with Crippen LogP contribution in [0.3, 0.4) is 0 Å². The minimum atomic E-state index is -0.111. The molecule has 1 aromatic carbocycles. The van der Waals surface area contributed by atoms with Crippen molar-refractivity contribution in [3.05, 3.63) is 30.1 Å². The second kappa shape index (κ2) is 7.12. The van der Waals surface area contributed by atoms with E-state index in [1.54, 1.807) is 24.9 Å². The highest BCUT2D eigenvalue weighted by atomic mass is 32.2. The van der Waals surface area contributed by atoms with Gasteiger partial charge in [-0.05, 0) is 25.0 Å². The Kier molecular flexibility index (Phi) is 5.47. The zero-order valence-corrected chi connectivity index (χ0v) is 11.6. The first kappa shape index (κ1) is 13.8. The van der Waals surface area contributed by atoms with Crippen LogP contribution in [0.4, 0.5) is 4.39 Å². The molecule has 0 atom stereocenters. The van der Waals surface area contributed by atoms with Gasteiger partial charge in [-0.15, -0.1) is 11.8 Å². The molecule has 2 rings (SSSR count). The standard InChI is InChI=1S/C14H20FNOS/c1-17-12-6-8-16(9-7-12)10-11-18-14-5-3-2-4-13(14)15/h2-5,12H,6-11H2,1H3. The fraction of sp³-hybridized carbons (Fsp3) is 0.571. The SMILES string of the molecule is COC1CCN(CCSc2ccccc2F)CC1. The Labute approximate surface area is 113 Å². The Bertz CT molecular complexity index is 367. The Morgan fingerprint density at radius 1 is 1.33 bits per heavy atom. The number of hydrogen-bond acceptors (Lipinski definition) is 3. The van der Waals surface area contributed by atoms with Crippen molar-refractivity contribution >= 4 is 11.8 Å². The maximum absolute atomic E-state index is 13.4. The van der Waals surface area contributed by atoms with Gasteiger partial charge in [0.2, 0.25) is 0 Å². The van der Waals surface area contributed by atoms with Crippen molar-refractivity contribution in [3.8, 4) is 0 Å². The summed E-state index contributed by atoms with van der Waals surface area (Å²) < 4.78 is 18.7. The molecule has 1 heterocycles. The van der Waals surface area contributed by atoms with Crippen molar-refractivity contribution < 1.29 is 9.13 Å². The lowest BCUT2D eigenvalue weighted by atomic mass is 10.1. The lowest BCUT2D eigenvalue weighted by Gasteiger charge is -2.30. The van der Waals surface area contributed by atoms with Crippen molar-refractivity contribution in [2.75, 3.05) is 32.5 Å². The van der Waals surface area contributed by atoms with E-state index < -0.39 is 0 Å². The van der Waals surface area contributed by atoms with Gasteiger partial charge in [0.1, 0.15) is 5.82 Å². The molecule has 1 aliphatic heterocycles. The van der Waals surface area contributed by atoms with Crippen molar-refractivity contribution in [3.63, 3.8) is 0 Å². The number of rotatable bonds is 5. The van der Waals surface area contributed by atoms with Crippen LogP contribution >= 0.6 is 11.8 Å². The van der Waals surface area contributed by atoms with Gasteiger partial charge in [0, 0.05) is 37.4 Å². The van der Waals surface area contributed by atoms with Gasteiger partial charge in [-0.3, -0.25) is 0 Å². The summed E-state index contributed by atoms with van der Waals surface area (Å²) in [7, 11) is 1.79. The third-order valence-corrected chi connectivity index (χ3v) is 4.40. The molecule has 0 spiro atoms. The predicted molar refractivity (Wildman–Crippen MR) is 73.6 cm³/mol. The number of hydrogen-bond donors (Lipinski definition) is 0. The Hall–Kier alpha value is -0.580. The van der Waals surface area contributed by atoms with E-state index in [9.17, 15) is 4.39 Å². The van der Waals surface area contributed by atoms with Crippen molar-refractivity contribution in [2.45, 2.75) is 23.8 Å². The summed E-state index contributed by atoms with van der Waals surface area (Å²) in [6.07, 6.45) is 2.65. The smallest absolute Gasteiger partial charge is 0.136 e. The minimum absolute atomic E-state index is 0.111. The number of nitrogens with zero attached hydrogens (tertiary/aromatic N) is 1. The molecule has 0 bridgehead atoms. The molecule has 100 valence electrons. The van der Waals surface area contributed by atoms with Gasteiger partial charge >= 0.3 is 0 Å². The zero-order valence-electron chi connectivity index (χ0n) is 10.8. The number of likely N-dealkylation sites (tertiary alicyclic amines) is 1. The summed E-state index contributed by atoms with van der Waals surface area (Å²) in [4.78, 5) is 3.19. The van der Waals surface area contributed by atoms with E-state index >= 15 is 0 Å². The molecule has 4 heteroatoms. The van der Waals surface area contributed by atoms with Crippen LogP contribution in [0.25, 0.3) is 0 Å². The summed E-state index contributed by atoms with van der Waals surface area (Å²) in [6.45, 7) is 3.21. The second-order valence-electron chi connectivity index (χ2n) is 4.56. The van der Waals surface area contributed by atoms with Gasteiger partial charge in [-0.25, -0.2) is 4.39 Å². The number of piperidine rings is 1. The molecule has 2 nitrogen and oxygen atoms in total. The van der Waals surface area contributed by atoms with Crippen molar-refractivity contribution in [1.82, 2.24) is 4.90 Å². The van der Waals surface area contributed by atoms with E-state index in [1.807, 2.05) is 12.1 Å². The van der Waals surface area contributed by atoms with Crippen LogP contribution in [-0.2, 0) is 4.74 Å². The largest absolute Gasteiger partial charge is 0.381 e. The first-order valence-electron chi connectivity index (χ1n) is 6.42. The van der Waals surface area contributed by atoms with Crippen LogP contribution in [-0.4, -0.2) is 43.5 Å². The van der Waals surface area contributed by atoms with Crippen LogP contribution in [0.5, 0.6) is 0 Å². The van der Waals surface area contributed by atoms with Crippen LogP contribution < -0.4 is 0 Å². The highest BCUT2D eigenvalue weighted by Gasteiger charge is 2.18. The molecule has 0 radical (unpaired) electrons. The van der Waals surface area contributed by atoms with Gasteiger partial charge in [0.15, 0.2) is 0 Å². The third kappa shape index (κ3) is 3.97. The molecule has 1 fully saturated rings. The van der Waals surface area contributed by atoms with Crippen LogP contribution in [0.2, 0.25) is 0 Å². The number of halogens is 1. The van der Waals surface area contributed by atoms with E-state index in [1.165, 1.54) is 6.07 Å². The molecule has 1 aromatic rings. The molecule has 0 amide bonds. The quantitative estimate of drug-likeness (QED) is 0.762. The Balaban J connectivity index is 1.69. The number of benzene rings is 1. The monoisotopic (exact) mass is 269 g/mol. The second-order valence-corrected chi connectivity index (χ2v) is 5.69. The topological polar surface area (TPSA) is 12.5 Å². The van der Waals surface area contributed by atoms with Crippen LogP contribution in [0.15, 0.2) is 29.2 Å². The number of methoxy groups -OCH3 is 1. The molecule has 0 aromatic heterocycles. The van der Waals surface area contributed by atoms with Crippen molar-refractivity contribution in [1.29, 1.82) is 0 Å². The van der Waals surface area contributed by atoms with Crippen LogP contribution in [0, 0.1) is 5.82 Å². The highest BCUT2D eigenvalue weighted by Crippen LogP contribution is 2.21. The van der Waals surface area contributed by atoms with E-state index in [-0.39, 0.29) is 5.82 Å². The molecule has 0 aliphatic carbocycles. The van der Waals surface area contributed by atoms with Crippen molar-refractivity contribution in [2.24, 2.45) is 0 Å². The van der Waals surface area contributed by atoms with Gasteiger partial charge in [0.05, 0.1) is 6.10 Å². The number of ether oxygens (including phenoxy) is 1. The summed E-state index contributed by atoms with van der Waals surface area (Å²) in [5.74, 6) is 0.832. The average Bonchev–Trinajstić information content (AvgIpc) is 2.42. The molecular formula is C14H20FNOS. The summed E-state index contributed by atoms with van der Waals surface area (Å²) in [5.41, 5.74) is 0. The van der Waals surface area contributed by atoms with Crippen LogP contribution in [0.1, 0.15) is 12.8 Å². The minimum Gasteiger partial charge on any atom is -0.381 e. The molecule has 0 unspecified atom stereocenters. The molecule has 18 heavy (non-hydrogen) atoms. The van der Waals surface area contributed by atoms with Gasteiger partial charge in [0.25, 0.3) is 0 Å².